The fourth-order valence-corrected chi connectivity index (χ4v) is 3.51. The van der Waals surface area contributed by atoms with Crippen LogP contribution in [-0.2, 0) is 38.1 Å². The molecule has 240 valence electrons. The Morgan fingerprint density at radius 3 is 1.69 bits per heavy atom. The lowest BCUT2D eigenvalue weighted by atomic mass is 9.99. The molecule has 0 radical (unpaired) electrons. The molecule has 0 unspecified atom stereocenters. The average Bonchev–Trinajstić information content (AvgIpc) is 2.88. The number of ether oxygens (including phenoxy) is 4. The van der Waals surface area contributed by atoms with E-state index in [1.807, 2.05) is 13.8 Å². The van der Waals surface area contributed by atoms with Gasteiger partial charge in [0, 0.05) is 0 Å². The maximum atomic E-state index is 13.4. The molecule has 0 spiro atoms. The number of carbonyl (C=O) groups is 5. The summed E-state index contributed by atoms with van der Waals surface area (Å²) in [5.74, 6) is -3.05. The Morgan fingerprint density at radius 2 is 1.24 bits per heavy atom. The largest absolute Gasteiger partial charge is 0.467 e. The fraction of sp³-hybridized carbons (Fsp3) is 0.690. The third-order valence-electron chi connectivity index (χ3n) is 5.44. The minimum absolute atomic E-state index is 0.00819. The van der Waals surface area contributed by atoms with Gasteiger partial charge in [-0.2, -0.15) is 0 Å². The molecular weight excluding hydrogens is 548 g/mol. The summed E-state index contributed by atoms with van der Waals surface area (Å²) in [6.07, 6.45) is 2.40. The molecule has 4 amide bonds. The molecule has 0 aliphatic heterocycles. The predicted octanol–water partition coefficient (Wildman–Crippen LogP) is 1.61. The monoisotopic (exact) mass is 598 g/mol. The smallest absolute Gasteiger partial charge is 0.408 e. The van der Waals surface area contributed by atoms with E-state index in [2.05, 4.69) is 34.4 Å². The number of hydrogen-bond donors (Lipinski definition) is 4. The quantitative estimate of drug-likeness (QED) is 0.0980. The molecule has 0 aromatic heterocycles. The topological polar surface area (TPSA) is 170 Å². The molecule has 42 heavy (non-hydrogen) atoms. The van der Waals surface area contributed by atoms with Crippen LogP contribution in [0.15, 0.2) is 25.3 Å². The molecule has 4 atom stereocenters. The van der Waals surface area contributed by atoms with Crippen molar-refractivity contribution in [1.82, 2.24) is 21.3 Å². The summed E-state index contributed by atoms with van der Waals surface area (Å²) in [7, 11) is 1.19. The number of methoxy groups -OCH3 is 1. The van der Waals surface area contributed by atoms with Crippen molar-refractivity contribution in [3.63, 3.8) is 0 Å². The molecule has 13 nitrogen and oxygen atoms in total. The Balaban J connectivity index is 5.79. The Bertz CT molecular complexity index is 915. The van der Waals surface area contributed by atoms with Gasteiger partial charge in [-0.1, -0.05) is 39.8 Å². The van der Waals surface area contributed by atoms with Crippen molar-refractivity contribution >= 4 is 29.8 Å². The molecule has 0 aromatic rings. The van der Waals surface area contributed by atoms with E-state index in [9.17, 15) is 24.0 Å². The first-order chi connectivity index (χ1) is 19.6. The standard InChI is InChI=1S/C29H50N4O9/c1-11-13-40-16-21(32-28(38)42-29(7,8)9)25(35)33-23(19(5)6)26(36)30-20(15-18(3)4)24(34)31-22(27(37)39-10)17-41-14-12-2/h11-12,18-23H,1-2,13-17H2,3-10H3,(H,30,36)(H,31,34)(H,32,38)(H,33,35)/t20-,21-,22-,23-/m0/s1. The molecule has 0 fully saturated rings. The van der Waals surface area contributed by atoms with Gasteiger partial charge in [-0.15, -0.1) is 13.2 Å². The zero-order chi connectivity index (χ0) is 32.5. The van der Waals surface area contributed by atoms with Crippen LogP contribution in [0.5, 0.6) is 0 Å². The van der Waals surface area contributed by atoms with Crippen LogP contribution >= 0.6 is 0 Å². The van der Waals surface area contributed by atoms with E-state index in [1.54, 1.807) is 34.6 Å². The van der Waals surface area contributed by atoms with Gasteiger partial charge in [-0.3, -0.25) is 14.4 Å². The second kappa shape index (κ2) is 19.6. The maximum Gasteiger partial charge on any atom is 0.408 e. The fourth-order valence-electron chi connectivity index (χ4n) is 3.51. The molecule has 0 aliphatic rings. The summed E-state index contributed by atoms with van der Waals surface area (Å²) in [4.78, 5) is 64.4. The molecule has 0 heterocycles. The van der Waals surface area contributed by atoms with Crippen LogP contribution in [0.3, 0.4) is 0 Å². The highest BCUT2D eigenvalue weighted by Crippen LogP contribution is 2.10. The third kappa shape index (κ3) is 16.1. The van der Waals surface area contributed by atoms with Gasteiger partial charge in [0.25, 0.3) is 0 Å². The second-order valence-electron chi connectivity index (χ2n) is 11.4. The van der Waals surface area contributed by atoms with Gasteiger partial charge in [-0.05, 0) is 39.0 Å². The molecular formula is C29H50N4O9. The minimum Gasteiger partial charge on any atom is -0.467 e. The van der Waals surface area contributed by atoms with Gasteiger partial charge in [0.15, 0.2) is 6.04 Å². The van der Waals surface area contributed by atoms with Crippen LogP contribution in [0.4, 0.5) is 4.79 Å². The Kier molecular flexibility index (Phi) is 18.0. The summed E-state index contributed by atoms with van der Waals surface area (Å²) in [6.45, 7) is 19.3. The summed E-state index contributed by atoms with van der Waals surface area (Å²) < 4.78 is 20.7. The number of esters is 1. The SMILES string of the molecule is C=CCOC[C@H](NC(=O)OC(C)(C)C)C(=O)N[C@H](C(=O)N[C@@H](CC(C)C)C(=O)N[C@@H](COCC=C)C(=O)OC)C(C)C. The molecule has 13 heteroatoms. The normalized spacial score (nSPS) is 14.1. The van der Waals surface area contributed by atoms with Gasteiger partial charge in [-0.25, -0.2) is 9.59 Å². The van der Waals surface area contributed by atoms with Crippen LogP contribution in [0.1, 0.15) is 54.9 Å². The second-order valence-corrected chi connectivity index (χ2v) is 11.4. The number of hydrogen-bond acceptors (Lipinski definition) is 9. The van der Waals surface area contributed by atoms with Crippen molar-refractivity contribution in [3.8, 4) is 0 Å². The van der Waals surface area contributed by atoms with Crippen LogP contribution in [0.25, 0.3) is 0 Å². The summed E-state index contributed by atoms with van der Waals surface area (Å²) in [5, 5.41) is 10.4. The predicted molar refractivity (Wildman–Crippen MR) is 157 cm³/mol. The Labute approximate surface area is 249 Å². The van der Waals surface area contributed by atoms with E-state index in [0.29, 0.717) is 0 Å². The highest BCUT2D eigenvalue weighted by molar-refractivity contribution is 5.95. The number of amides is 4. The Morgan fingerprint density at radius 1 is 0.738 bits per heavy atom. The molecule has 0 rings (SSSR count). The van der Waals surface area contributed by atoms with Crippen LogP contribution in [-0.4, -0.2) is 93.1 Å². The first-order valence-electron chi connectivity index (χ1n) is 13.9. The molecule has 0 bridgehead atoms. The van der Waals surface area contributed by atoms with E-state index in [1.165, 1.54) is 19.3 Å². The zero-order valence-corrected chi connectivity index (χ0v) is 26.2. The van der Waals surface area contributed by atoms with Gasteiger partial charge >= 0.3 is 12.1 Å². The van der Waals surface area contributed by atoms with Crippen LogP contribution in [0.2, 0.25) is 0 Å². The molecule has 0 saturated carbocycles. The average molecular weight is 599 g/mol. The van der Waals surface area contributed by atoms with E-state index in [0.717, 1.165) is 0 Å². The summed E-state index contributed by atoms with van der Waals surface area (Å²) in [6, 6.07) is -4.40. The zero-order valence-electron chi connectivity index (χ0n) is 26.2. The number of alkyl carbamates (subject to hydrolysis) is 1. The highest BCUT2D eigenvalue weighted by atomic mass is 16.6. The first-order valence-corrected chi connectivity index (χ1v) is 13.9. The number of carbonyl (C=O) groups excluding carboxylic acids is 5. The van der Waals surface area contributed by atoms with Gasteiger partial charge < -0.3 is 40.2 Å². The van der Waals surface area contributed by atoms with E-state index in [4.69, 9.17) is 18.9 Å². The molecule has 4 N–H and O–H groups in total. The lowest BCUT2D eigenvalue weighted by Gasteiger charge is -2.28. The van der Waals surface area contributed by atoms with Crippen LogP contribution < -0.4 is 21.3 Å². The maximum absolute atomic E-state index is 13.4. The third-order valence-corrected chi connectivity index (χ3v) is 5.44. The van der Waals surface area contributed by atoms with Gasteiger partial charge in [0.2, 0.25) is 17.7 Å². The van der Waals surface area contributed by atoms with E-state index >= 15 is 0 Å². The number of rotatable bonds is 19. The first kappa shape index (κ1) is 38.5. The van der Waals surface area contributed by atoms with E-state index in [-0.39, 0.29) is 38.8 Å². The van der Waals surface area contributed by atoms with Crippen LogP contribution in [0, 0.1) is 11.8 Å². The lowest BCUT2D eigenvalue weighted by Crippen LogP contribution is -2.60. The van der Waals surface area contributed by atoms with Crippen molar-refractivity contribution in [1.29, 1.82) is 0 Å². The minimum atomic E-state index is -1.18. The summed E-state index contributed by atoms with van der Waals surface area (Å²) >= 11 is 0. The van der Waals surface area contributed by atoms with E-state index < -0.39 is 65.5 Å². The molecule has 0 aromatic carbocycles. The van der Waals surface area contributed by atoms with Crippen molar-refractivity contribution in [2.24, 2.45) is 11.8 Å². The summed E-state index contributed by atoms with van der Waals surface area (Å²) in [5.41, 5.74) is -0.801. The Hall–Kier alpha value is -3.45. The highest BCUT2D eigenvalue weighted by Gasteiger charge is 2.33. The molecule has 0 aliphatic carbocycles. The van der Waals surface area contributed by atoms with Crippen molar-refractivity contribution in [3.05, 3.63) is 25.3 Å². The van der Waals surface area contributed by atoms with Crippen molar-refractivity contribution in [2.45, 2.75) is 84.7 Å². The van der Waals surface area contributed by atoms with Crippen molar-refractivity contribution in [2.75, 3.05) is 33.5 Å². The van der Waals surface area contributed by atoms with Gasteiger partial charge in [0.1, 0.15) is 23.7 Å². The van der Waals surface area contributed by atoms with Crippen molar-refractivity contribution < 1.29 is 42.9 Å². The number of nitrogens with one attached hydrogen (secondary N) is 4. The van der Waals surface area contributed by atoms with Gasteiger partial charge in [0.05, 0.1) is 33.5 Å². The lowest BCUT2D eigenvalue weighted by molar-refractivity contribution is -0.147. The molecule has 0 saturated heterocycles.